The lowest BCUT2D eigenvalue weighted by molar-refractivity contribution is 0.434. The monoisotopic (exact) mass is 540 g/mol. The molecule has 0 bridgehead atoms. The minimum atomic E-state index is 0.0545. The van der Waals surface area contributed by atoms with E-state index in [2.05, 4.69) is 58.5 Å². The van der Waals surface area contributed by atoms with E-state index in [-0.39, 0.29) is 5.41 Å². The van der Waals surface area contributed by atoms with Crippen molar-refractivity contribution in [2.24, 2.45) is 11.8 Å². The van der Waals surface area contributed by atoms with Crippen molar-refractivity contribution in [2.45, 2.75) is 70.6 Å². The summed E-state index contributed by atoms with van der Waals surface area (Å²) in [4.78, 5) is 14.7. The van der Waals surface area contributed by atoms with Crippen molar-refractivity contribution in [1.82, 2.24) is 15.3 Å². The Kier molecular flexibility index (Phi) is 8.40. The van der Waals surface area contributed by atoms with Crippen molar-refractivity contribution in [3.05, 3.63) is 40.9 Å². The zero-order valence-corrected chi connectivity index (χ0v) is 23.9. The molecule has 3 fully saturated rings. The van der Waals surface area contributed by atoms with Crippen LogP contribution in [-0.2, 0) is 5.41 Å². The molecule has 5 rings (SSSR count). The van der Waals surface area contributed by atoms with E-state index in [0.29, 0.717) is 17.0 Å². The van der Waals surface area contributed by atoms with Crippen LogP contribution in [0.2, 0.25) is 5.02 Å². The van der Waals surface area contributed by atoms with Gasteiger partial charge in [-0.25, -0.2) is 0 Å². The molecule has 1 atom stereocenters. The Morgan fingerprint density at radius 3 is 2.41 bits per heavy atom. The summed E-state index contributed by atoms with van der Waals surface area (Å²) in [6.07, 6.45) is 9.63. The molecular weight excluding hydrogens is 500 g/mol. The predicted molar refractivity (Wildman–Crippen MR) is 159 cm³/mol. The summed E-state index contributed by atoms with van der Waals surface area (Å²) >= 11 is 12.1. The maximum Gasteiger partial charge on any atom is 0.232 e. The van der Waals surface area contributed by atoms with E-state index in [0.717, 1.165) is 68.1 Å². The van der Waals surface area contributed by atoms with E-state index in [4.69, 9.17) is 33.8 Å². The number of piperidine rings is 2. The highest BCUT2D eigenvalue weighted by Crippen LogP contribution is 2.41. The molecule has 2 aliphatic heterocycles. The Morgan fingerprint density at radius 2 is 1.70 bits per heavy atom. The highest BCUT2D eigenvalue weighted by Gasteiger charge is 2.36. The molecule has 6 nitrogen and oxygen atoms in total. The van der Waals surface area contributed by atoms with Crippen molar-refractivity contribution in [3.8, 4) is 0 Å². The average Bonchev–Trinajstić information content (AvgIpc) is 3.38. The lowest BCUT2D eigenvalue weighted by Gasteiger charge is -2.34. The molecule has 3 heterocycles. The Bertz CT molecular complexity index is 1080. The Labute approximate surface area is 232 Å². The van der Waals surface area contributed by atoms with Gasteiger partial charge < -0.3 is 20.4 Å². The van der Waals surface area contributed by atoms with Gasteiger partial charge in [0.1, 0.15) is 11.6 Å². The van der Waals surface area contributed by atoms with Crippen LogP contribution in [0.4, 0.5) is 17.6 Å². The first-order valence-electron chi connectivity index (χ1n) is 14.1. The molecule has 1 aliphatic carbocycles. The van der Waals surface area contributed by atoms with Crippen molar-refractivity contribution >= 4 is 46.5 Å². The number of thiocarbonyl (C=S) groups is 1. The molecule has 0 unspecified atom stereocenters. The van der Waals surface area contributed by atoms with Crippen LogP contribution in [0.25, 0.3) is 0 Å². The van der Waals surface area contributed by atoms with Gasteiger partial charge in [0.25, 0.3) is 0 Å². The SMILES string of the molecule is CC1CCN(c2cc(N3CCC[C@@H](C)C3)nc(NC(=S)NCC3(c4cccc(Cl)c4)CCCC3)n2)CC1. The number of anilines is 3. The molecule has 0 spiro atoms. The lowest BCUT2D eigenvalue weighted by atomic mass is 9.79. The largest absolute Gasteiger partial charge is 0.361 e. The van der Waals surface area contributed by atoms with Crippen molar-refractivity contribution < 1.29 is 0 Å². The van der Waals surface area contributed by atoms with E-state index in [1.807, 2.05) is 6.07 Å². The molecule has 3 aliphatic rings. The zero-order valence-electron chi connectivity index (χ0n) is 22.3. The number of benzene rings is 1. The predicted octanol–water partition coefficient (Wildman–Crippen LogP) is 6.40. The van der Waals surface area contributed by atoms with Crippen LogP contribution in [0.3, 0.4) is 0 Å². The quantitative estimate of drug-likeness (QED) is 0.411. The van der Waals surface area contributed by atoms with Gasteiger partial charge in [0, 0.05) is 49.2 Å². The van der Waals surface area contributed by atoms with Crippen LogP contribution < -0.4 is 20.4 Å². The molecule has 1 saturated carbocycles. The molecule has 200 valence electrons. The first kappa shape index (κ1) is 26.5. The summed E-state index contributed by atoms with van der Waals surface area (Å²) in [6.45, 7) is 9.61. The average molecular weight is 541 g/mol. The zero-order chi connectivity index (χ0) is 25.8. The smallest absolute Gasteiger partial charge is 0.232 e. The van der Waals surface area contributed by atoms with Crippen molar-refractivity contribution in [2.75, 3.05) is 47.8 Å². The fourth-order valence-electron chi connectivity index (χ4n) is 6.27. The fraction of sp³-hybridized carbons (Fsp3) is 0.621. The number of nitrogens with zero attached hydrogens (tertiary/aromatic N) is 4. The molecule has 2 aromatic rings. The Morgan fingerprint density at radius 1 is 0.973 bits per heavy atom. The molecule has 1 aromatic carbocycles. The molecule has 8 heteroatoms. The van der Waals surface area contributed by atoms with Crippen molar-refractivity contribution in [1.29, 1.82) is 0 Å². The summed E-state index contributed by atoms with van der Waals surface area (Å²) in [5.74, 6) is 4.05. The summed E-state index contributed by atoms with van der Waals surface area (Å²) in [6, 6.07) is 10.5. The van der Waals surface area contributed by atoms with Gasteiger partial charge in [-0.05, 0) is 80.3 Å². The van der Waals surface area contributed by atoms with Crippen LogP contribution in [0.15, 0.2) is 30.3 Å². The number of nitrogens with one attached hydrogen (secondary N) is 2. The molecule has 2 N–H and O–H groups in total. The number of rotatable bonds is 6. The molecule has 37 heavy (non-hydrogen) atoms. The van der Waals surface area contributed by atoms with E-state index in [1.54, 1.807) is 0 Å². The van der Waals surface area contributed by atoms with Crippen LogP contribution in [-0.4, -0.2) is 47.8 Å². The van der Waals surface area contributed by atoms with Crippen LogP contribution in [0, 0.1) is 11.8 Å². The molecule has 2 saturated heterocycles. The standard InChI is InChI=1S/C29H41ClN6S/c1-21-10-15-35(16-11-21)25-18-26(36-14-6-7-22(2)19-36)33-27(32-25)34-28(37)31-20-29(12-3-4-13-29)23-8-5-9-24(30)17-23/h5,8-9,17-18,21-22H,3-4,6-7,10-16,19-20H2,1-2H3,(H2,31,32,33,34,37)/t22-/m1/s1. The van der Waals surface area contributed by atoms with E-state index < -0.39 is 0 Å². The third-order valence-electron chi connectivity index (χ3n) is 8.60. The van der Waals surface area contributed by atoms with Gasteiger partial charge in [-0.3, -0.25) is 0 Å². The van der Waals surface area contributed by atoms with Gasteiger partial charge in [0.2, 0.25) is 5.95 Å². The van der Waals surface area contributed by atoms with Gasteiger partial charge >= 0.3 is 0 Å². The summed E-state index contributed by atoms with van der Waals surface area (Å²) in [7, 11) is 0. The van der Waals surface area contributed by atoms with Gasteiger partial charge in [-0.2, -0.15) is 9.97 Å². The van der Waals surface area contributed by atoms with E-state index >= 15 is 0 Å². The number of aromatic nitrogens is 2. The van der Waals surface area contributed by atoms with E-state index in [9.17, 15) is 0 Å². The summed E-state index contributed by atoms with van der Waals surface area (Å²) < 4.78 is 0. The summed E-state index contributed by atoms with van der Waals surface area (Å²) in [5.41, 5.74) is 1.35. The van der Waals surface area contributed by atoms with Gasteiger partial charge in [-0.15, -0.1) is 0 Å². The maximum atomic E-state index is 6.35. The molecule has 0 amide bonds. The van der Waals surface area contributed by atoms with Gasteiger partial charge in [0.05, 0.1) is 0 Å². The lowest BCUT2D eigenvalue weighted by Crippen LogP contribution is -2.41. The number of hydrogen-bond donors (Lipinski definition) is 2. The minimum absolute atomic E-state index is 0.0545. The van der Waals surface area contributed by atoms with Gasteiger partial charge in [0.15, 0.2) is 5.11 Å². The maximum absolute atomic E-state index is 6.35. The van der Waals surface area contributed by atoms with Gasteiger partial charge in [-0.1, -0.05) is 50.4 Å². The molecule has 1 aromatic heterocycles. The highest BCUT2D eigenvalue weighted by atomic mass is 35.5. The van der Waals surface area contributed by atoms with Crippen LogP contribution >= 0.6 is 23.8 Å². The Balaban J connectivity index is 1.32. The highest BCUT2D eigenvalue weighted by molar-refractivity contribution is 7.80. The second-order valence-corrected chi connectivity index (χ2v) is 12.4. The fourth-order valence-corrected chi connectivity index (χ4v) is 6.62. The number of halogens is 1. The summed E-state index contributed by atoms with van der Waals surface area (Å²) in [5, 5.41) is 8.23. The van der Waals surface area contributed by atoms with Crippen LogP contribution in [0.1, 0.15) is 70.8 Å². The van der Waals surface area contributed by atoms with E-state index in [1.165, 1.54) is 44.1 Å². The molecular formula is C29H41ClN6S. The first-order valence-corrected chi connectivity index (χ1v) is 14.9. The number of hydrogen-bond acceptors (Lipinski definition) is 5. The second-order valence-electron chi connectivity index (χ2n) is 11.6. The van der Waals surface area contributed by atoms with Crippen molar-refractivity contribution in [3.63, 3.8) is 0 Å². The third kappa shape index (κ3) is 6.48. The second kappa shape index (κ2) is 11.7. The van der Waals surface area contributed by atoms with Crippen LogP contribution in [0.5, 0.6) is 0 Å². The minimum Gasteiger partial charge on any atom is -0.361 e. The molecule has 0 radical (unpaired) electrons. The Hall–Kier alpha value is -2.12. The topological polar surface area (TPSA) is 56.3 Å². The normalized spacial score (nSPS) is 22.2. The third-order valence-corrected chi connectivity index (χ3v) is 9.08. The first-order chi connectivity index (χ1) is 17.9.